The average Bonchev–Trinajstić information content (AvgIpc) is 2.38. The van der Waals surface area contributed by atoms with E-state index in [1.54, 1.807) is 0 Å². The fraction of sp³-hybridized carbons (Fsp3) is 1.00. The molecular weight excluding hydrogens is 315 g/mol. The van der Waals surface area contributed by atoms with Crippen molar-refractivity contribution in [2.24, 2.45) is 0 Å². The third-order valence-corrected chi connectivity index (χ3v) is 5.01. The van der Waals surface area contributed by atoms with Crippen LogP contribution in [0.1, 0.15) is 84.0 Å². The van der Waals surface area contributed by atoms with Gasteiger partial charge in [-0.1, -0.05) is 64.7 Å². The standard InChI is InChI=1S/C15H32O4S.K/c1-2-3-12-15(20(17,18)19)13-10-8-6-4-5-7-9-11-14-16;/h15-16H,2-14H2,1H3,(H,17,18,19);/q;+1/p-1. The topological polar surface area (TPSA) is 77.4 Å². The van der Waals surface area contributed by atoms with Crippen molar-refractivity contribution in [2.75, 3.05) is 6.61 Å². The molecule has 0 aliphatic carbocycles. The van der Waals surface area contributed by atoms with Crippen LogP contribution < -0.4 is 51.4 Å². The predicted molar refractivity (Wildman–Crippen MR) is 81.6 cm³/mol. The van der Waals surface area contributed by atoms with Gasteiger partial charge in [-0.2, -0.15) is 0 Å². The summed E-state index contributed by atoms with van der Waals surface area (Å²) in [4.78, 5) is 0. The molecule has 0 amide bonds. The molecule has 0 rings (SSSR count). The predicted octanol–water partition coefficient (Wildman–Crippen LogP) is 0.598. The van der Waals surface area contributed by atoms with Crippen LogP contribution in [0.2, 0.25) is 0 Å². The molecule has 6 heteroatoms. The number of hydrogen-bond acceptors (Lipinski definition) is 4. The van der Waals surface area contributed by atoms with Gasteiger partial charge in [-0.05, 0) is 19.3 Å². The second-order valence-corrected chi connectivity index (χ2v) is 7.25. The van der Waals surface area contributed by atoms with Crippen LogP contribution in [-0.4, -0.2) is 29.9 Å². The van der Waals surface area contributed by atoms with Gasteiger partial charge in [0.15, 0.2) is 0 Å². The molecule has 0 aliphatic rings. The summed E-state index contributed by atoms with van der Waals surface area (Å²) >= 11 is 0. The fourth-order valence-electron chi connectivity index (χ4n) is 2.41. The molecule has 0 saturated carbocycles. The van der Waals surface area contributed by atoms with Gasteiger partial charge in [0.1, 0.15) is 0 Å². The molecule has 1 atom stereocenters. The van der Waals surface area contributed by atoms with Crippen LogP contribution in [0.4, 0.5) is 0 Å². The second kappa shape index (κ2) is 16.4. The number of hydrogen-bond donors (Lipinski definition) is 1. The molecule has 1 N–H and O–H groups in total. The molecule has 1 unspecified atom stereocenters. The zero-order chi connectivity index (χ0) is 15.3. The van der Waals surface area contributed by atoms with E-state index >= 15 is 0 Å². The van der Waals surface area contributed by atoms with Crippen LogP contribution in [0.15, 0.2) is 0 Å². The Morgan fingerprint density at radius 3 is 1.71 bits per heavy atom. The van der Waals surface area contributed by atoms with Gasteiger partial charge in [0.2, 0.25) is 0 Å². The summed E-state index contributed by atoms with van der Waals surface area (Å²) in [6.45, 7) is 2.29. The van der Waals surface area contributed by atoms with Gasteiger partial charge in [0.05, 0.1) is 10.1 Å². The van der Waals surface area contributed by atoms with Crippen molar-refractivity contribution in [3.05, 3.63) is 0 Å². The molecule has 0 aromatic heterocycles. The van der Waals surface area contributed by atoms with E-state index < -0.39 is 15.4 Å². The van der Waals surface area contributed by atoms with Crippen LogP contribution in [0.5, 0.6) is 0 Å². The van der Waals surface area contributed by atoms with E-state index in [4.69, 9.17) is 5.11 Å². The maximum Gasteiger partial charge on any atom is 1.00 e. The third kappa shape index (κ3) is 16.2. The van der Waals surface area contributed by atoms with Gasteiger partial charge in [0.25, 0.3) is 0 Å². The van der Waals surface area contributed by atoms with Crippen molar-refractivity contribution in [2.45, 2.75) is 89.2 Å². The maximum absolute atomic E-state index is 11.1. The van der Waals surface area contributed by atoms with Crippen molar-refractivity contribution >= 4 is 10.1 Å². The molecule has 0 radical (unpaired) electrons. The van der Waals surface area contributed by atoms with Crippen LogP contribution in [0.25, 0.3) is 0 Å². The smallest absolute Gasteiger partial charge is 0.748 e. The van der Waals surface area contributed by atoms with E-state index in [-0.39, 0.29) is 58.0 Å². The van der Waals surface area contributed by atoms with E-state index in [2.05, 4.69) is 0 Å². The largest absolute Gasteiger partial charge is 1.00 e. The minimum absolute atomic E-state index is 0. The van der Waals surface area contributed by atoms with Gasteiger partial charge < -0.3 is 9.66 Å². The molecule has 0 aromatic rings. The second-order valence-electron chi connectivity index (χ2n) is 5.60. The summed E-state index contributed by atoms with van der Waals surface area (Å²) in [5, 5.41) is 7.97. The van der Waals surface area contributed by atoms with E-state index in [1.165, 1.54) is 6.42 Å². The monoisotopic (exact) mass is 346 g/mol. The van der Waals surface area contributed by atoms with Crippen molar-refractivity contribution in [3.8, 4) is 0 Å². The van der Waals surface area contributed by atoms with Crippen molar-refractivity contribution in [1.29, 1.82) is 0 Å². The normalized spacial score (nSPS) is 12.9. The summed E-state index contributed by atoms with van der Waals surface area (Å²) in [5.41, 5.74) is 0. The van der Waals surface area contributed by atoms with Crippen molar-refractivity contribution < 1.29 is 69.5 Å². The quantitative estimate of drug-likeness (QED) is 0.284. The fourth-order valence-corrected chi connectivity index (χ4v) is 3.32. The van der Waals surface area contributed by atoms with Gasteiger partial charge in [-0.3, -0.25) is 0 Å². The molecule has 0 aliphatic heterocycles. The molecule has 21 heavy (non-hydrogen) atoms. The first-order valence-electron chi connectivity index (χ1n) is 8.08. The van der Waals surface area contributed by atoms with E-state index in [0.717, 1.165) is 57.8 Å². The first-order chi connectivity index (χ1) is 9.52. The minimum Gasteiger partial charge on any atom is -0.748 e. The zero-order valence-corrected chi connectivity index (χ0v) is 17.8. The molecule has 0 bridgehead atoms. The summed E-state index contributed by atoms with van der Waals surface area (Å²) in [6, 6.07) is 0. The van der Waals surface area contributed by atoms with Crippen molar-refractivity contribution in [3.63, 3.8) is 0 Å². The van der Waals surface area contributed by atoms with Crippen LogP contribution in [-0.2, 0) is 10.1 Å². The molecule has 0 spiro atoms. The summed E-state index contributed by atoms with van der Waals surface area (Å²) in [6.07, 6.45) is 11.2. The molecule has 0 aromatic carbocycles. The maximum atomic E-state index is 11.1. The Morgan fingerprint density at radius 2 is 1.29 bits per heavy atom. The zero-order valence-electron chi connectivity index (χ0n) is 13.8. The summed E-state index contributed by atoms with van der Waals surface area (Å²) < 4.78 is 33.4. The van der Waals surface area contributed by atoms with Gasteiger partial charge in [-0.15, -0.1) is 0 Å². The Hall–Kier alpha value is 1.51. The van der Waals surface area contributed by atoms with E-state index in [1.807, 2.05) is 6.92 Å². The Bertz CT molecular complexity index is 307. The van der Waals surface area contributed by atoms with E-state index in [9.17, 15) is 13.0 Å². The van der Waals surface area contributed by atoms with Crippen LogP contribution >= 0.6 is 0 Å². The van der Waals surface area contributed by atoms with Crippen LogP contribution in [0.3, 0.4) is 0 Å². The summed E-state index contributed by atoms with van der Waals surface area (Å²) in [7, 11) is -4.12. The molecule has 0 heterocycles. The Morgan fingerprint density at radius 1 is 0.857 bits per heavy atom. The molecule has 122 valence electrons. The SMILES string of the molecule is CCCCC(CCCCCCCCCCO)S(=O)(=O)[O-].[K+]. The first-order valence-corrected chi connectivity index (χ1v) is 9.55. The van der Waals surface area contributed by atoms with Gasteiger partial charge >= 0.3 is 51.4 Å². The Kier molecular flexibility index (Phi) is 19.3. The molecule has 0 fully saturated rings. The van der Waals surface area contributed by atoms with E-state index in [0.29, 0.717) is 12.8 Å². The number of aliphatic hydroxyl groups is 1. The number of aliphatic hydroxyl groups excluding tert-OH is 1. The average molecular weight is 347 g/mol. The Labute approximate surface area is 173 Å². The molecule has 4 nitrogen and oxygen atoms in total. The van der Waals surface area contributed by atoms with Crippen LogP contribution in [0, 0.1) is 0 Å². The van der Waals surface area contributed by atoms with Gasteiger partial charge in [-0.25, -0.2) is 8.42 Å². The minimum atomic E-state index is -4.12. The number of rotatable bonds is 14. The summed E-state index contributed by atoms with van der Waals surface area (Å²) in [5.74, 6) is 0. The number of unbranched alkanes of at least 4 members (excludes halogenated alkanes) is 8. The molecule has 0 saturated heterocycles. The van der Waals surface area contributed by atoms with Gasteiger partial charge in [0, 0.05) is 11.9 Å². The Balaban J connectivity index is 0. The molecular formula is C15H31KO4S. The third-order valence-electron chi connectivity index (χ3n) is 3.72. The first kappa shape index (κ1) is 24.8. The van der Waals surface area contributed by atoms with Crippen molar-refractivity contribution in [1.82, 2.24) is 0 Å².